The average Bonchev–Trinajstić information content (AvgIpc) is 3.08. The molecule has 2 aromatic heterocycles. The highest BCUT2D eigenvalue weighted by atomic mass is 19.1. The first-order valence-corrected chi connectivity index (χ1v) is 9.53. The second-order valence-corrected chi connectivity index (χ2v) is 6.97. The predicted molar refractivity (Wildman–Crippen MR) is 113 cm³/mol. The summed E-state index contributed by atoms with van der Waals surface area (Å²) in [6.45, 7) is 0. The van der Waals surface area contributed by atoms with E-state index in [4.69, 9.17) is 0 Å². The van der Waals surface area contributed by atoms with Crippen LogP contribution in [0.5, 0.6) is 0 Å². The Balaban J connectivity index is 1.43. The number of benzene rings is 2. The Labute approximate surface area is 172 Å². The minimum absolute atomic E-state index is 0.254. The Kier molecular flexibility index (Phi) is 4.44. The fraction of sp³-hybridized carbons (Fsp3) is 0.0417. The first-order valence-electron chi connectivity index (χ1n) is 9.53. The number of carbonyl (C=O) groups excluding carboxylic acids is 1. The van der Waals surface area contributed by atoms with Gasteiger partial charge in [0.15, 0.2) is 0 Å². The van der Waals surface area contributed by atoms with Gasteiger partial charge in [0.2, 0.25) is 5.95 Å². The van der Waals surface area contributed by atoms with Crippen molar-refractivity contribution in [1.29, 1.82) is 0 Å². The van der Waals surface area contributed by atoms with Crippen molar-refractivity contribution in [3.05, 3.63) is 102 Å². The molecule has 0 unspecified atom stereocenters. The quantitative estimate of drug-likeness (QED) is 0.469. The fourth-order valence-corrected chi connectivity index (χ4v) is 3.89. The molecular weight excluding hydrogens is 379 g/mol. The average molecular weight is 396 g/mol. The monoisotopic (exact) mass is 396 g/mol. The first kappa shape index (κ1) is 18.0. The Morgan fingerprint density at radius 2 is 1.53 bits per heavy atom. The smallest absolute Gasteiger partial charge is 0.320 e. The third-order valence-corrected chi connectivity index (χ3v) is 5.17. The molecule has 4 aromatic rings. The number of hydrogen-bond acceptors (Lipinski definition) is 3. The number of urea groups is 1. The number of nitrogens with zero attached hydrogens (tertiary/aromatic N) is 2. The molecular formula is C24H17FN4O. The van der Waals surface area contributed by atoms with Crippen LogP contribution in [0.4, 0.5) is 14.9 Å². The largest absolute Gasteiger partial charge is 0.327 e. The lowest BCUT2D eigenvalue weighted by molar-refractivity contribution is 0.250. The van der Waals surface area contributed by atoms with E-state index in [9.17, 15) is 9.18 Å². The zero-order valence-corrected chi connectivity index (χ0v) is 15.8. The summed E-state index contributed by atoms with van der Waals surface area (Å²) in [7, 11) is 0. The van der Waals surface area contributed by atoms with Crippen molar-refractivity contribution in [3.63, 3.8) is 0 Å². The number of aromatic nitrogens is 2. The van der Waals surface area contributed by atoms with Crippen molar-refractivity contribution in [2.75, 3.05) is 5.32 Å². The summed E-state index contributed by atoms with van der Waals surface area (Å²) in [5, 5.41) is 5.93. The van der Waals surface area contributed by atoms with E-state index in [2.05, 4.69) is 32.7 Å². The predicted octanol–water partition coefficient (Wildman–Crippen LogP) is 5.17. The Morgan fingerprint density at radius 1 is 0.833 bits per heavy atom. The van der Waals surface area contributed by atoms with Gasteiger partial charge in [0.1, 0.15) is 0 Å². The lowest BCUT2D eigenvalue weighted by atomic mass is 10.1. The van der Waals surface area contributed by atoms with E-state index in [0.717, 1.165) is 22.3 Å². The molecule has 5 nitrogen and oxygen atoms in total. The van der Waals surface area contributed by atoms with Crippen LogP contribution in [0.25, 0.3) is 22.4 Å². The van der Waals surface area contributed by atoms with Crippen molar-refractivity contribution in [2.24, 2.45) is 0 Å². The minimum atomic E-state index is -0.604. The maximum atomic E-state index is 13.6. The van der Waals surface area contributed by atoms with Gasteiger partial charge in [-0.3, -0.25) is 4.98 Å². The summed E-state index contributed by atoms with van der Waals surface area (Å²) in [5.41, 5.74) is 5.84. The van der Waals surface area contributed by atoms with Crippen LogP contribution in [0.1, 0.15) is 17.2 Å². The van der Waals surface area contributed by atoms with E-state index in [-0.39, 0.29) is 12.1 Å². The van der Waals surface area contributed by atoms with Gasteiger partial charge in [-0.1, -0.05) is 48.5 Å². The molecule has 5 rings (SSSR count). The van der Waals surface area contributed by atoms with Gasteiger partial charge >= 0.3 is 6.03 Å². The molecule has 0 atom stereocenters. The van der Waals surface area contributed by atoms with E-state index in [1.54, 1.807) is 24.4 Å². The molecule has 0 saturated carbocycles. The van der Waals surface area contributed by atoms with Crippen LogP contribution < -0.4 is 10.6 Å². The third-order valence-electron chi connectivity index (χ3n) is 5.17. The van der Waals surface area contributed by atoms with Crippen molar-refractivity contribution >= 4 is 11.7 Å². The molecule has 0 bridgehead atoms. The lowest BCUT2D eigenvalue weighted by Crippen LogP contribution is -2.32. The van der Waals surface area contributed by atoms with E-state index in [1.165, 1.54) is 12.3 Å². The van der Waals surface area contributed by atoms with Crippen LogP contribution in [0.15, 0.2) is 85.2 Å². The van der Waals surface area contributed by atoms with Gasteiger partial charge in [-0.2, -0.15) is 4.39 Å². The number of rotatable bonds is 3. The molecule has 0 saturated heterocycles. The highest BCUT2D eigenvalue weighted by molar-refractivity contribution is 5.94. The second-order valence-electron chi connectivity index (χ2n) is 6.97. The van der Waals surface area contributed by atoms with Crippen LogP contribution in [-0.4, -0.2) is 16.0 Å². The van der Waals surface area contributed by atoms with Gasteiger partial charge in [0.25, 0.3) is 0 Å². The number of carbonyl (C=O) groups is 1. The maximum absolute atomic E-state index is 13.6. The maximum Gasteiger partial charge on any atom is 0.320 e. The molecule has 146 valence electrons. The number of pyridine rings is 2. The fourth-order valence-electron chi connectivity index (χ4n) is 3.89. The van der Waals surface area contributed by atoms with E-state index in [0.29, 0.717) is 16.9 Å². The van der Waals surface area contributed by atoms with Crippen LogP contribution in [-0.2, 0) is 0 Å². The SMILES string of the molecule is O=C(Nc1cccnc1-c1ccnc(F)c1)NC1c2ccccc2-c2ccccc21. The summed E-state index contributed by atoms with van der Waals surface area (Å²) in [5.74, 6) is -0.604. The molecule has 0 aliphatic heterocycles. The van der Waals surface area contributed by atoms with Crippen LogP contribution in [0.2, 0.25) is 0 Å². The van der Waals surface area contributed by atoms with E-state index >= 15 is 0 Å². The third kappa shape index (κ3) is 3.18. The summed E-state index contributed by atoms with van der Waals surface area (Å²) in [4.78, 5) is 20.8. The molecule has 30 heavy (non-hydrogen) atoms. The van der Waals surface area contributed by atoms with Crippen molar-refractivity contribution in [1.82, 2.24) is 15.3 Å². The van der Waals surface area contributed by atoms with Gasteiger partial charge in [0.05, 0.1) is 17.4 Å². The molecule has 1 aliphatic carbocycles. The number of hydrogen-bond donors (Lipinski definition) is 2. The summed E-state index contributed by atoms with van der Waals surface area (Å²) < 4.78 is 13.6. The number of halogens is 1. The summed E-state index contributed by atoms with van der Waals surface area (Å²) in [6, 6.07) is 21.9. The second kappa shape index (κ2) is 7.40. The molecule has 2 aromatic carbocycles. The topological polar surface area (TPSA) is 66.9 Å². The summed E-state index contributed by atoms with van der Waals surface area (Å²) >= 11 is 0. The standard InChI is InChI=1S/C24H17FN4O/c25-21-14-15(11-13-26-21)22-20(10-5-12-27-22)28-24(30)29-23-18-8-3-1-6-16(18)17-7-2-4-9-19(17)23/h1-14,23H,(H2,28,29,30). The van der Waals surface area contributed by atoms with Gasteiger partial charge in [-0.15, -0.1) is 0 Å². The lowest BCUT2D eigenvalue weighted by Gasteiger charge is -2.17. The number of amides is 2. The molecule has 0 radical (unpaired) electrons. The zero-order chi connectivity index (χ0) is 20.5. The molecule has 2 N–H and O–H groups in total. The van der Waals surface area contributed by atoms with Crippen molar-refractivity contribution in [2.45, 2.75) is 6.04 Å². The van der Waals surface area contributed by atoms with Crippen LogP contribution >= 0.6 is 0 Å². The number of nitrogens with one attached hydrogen (secondary N) is 2. The molecule has 1 aliphatic rings. The van der Waals surface area contributed by atoms with Crippen molar-refractivity contribution in [3.8, 4) is 22.4 Å². The van der Waals surface area contributed by atoms with Gasteiger partial charge < -0.3 is 10.6 Å². The van der Waals surface area contributed by atoms with Gasteiger partial charge in [-0.25, -0.2) is 9.78 Å². The highest BCUT2D eigenvalue weighted by Gasteiger charge is 2.29. The van der Waals surface area contributed by atoms with Gasteiger partial charge in [0, 0.05) is 24.0 Å². The molecule has 2 heterocycles. The highest BCUT2D eigenvalue weighted by Crippen LogP contribution is 2.43. The van der Waals surface area contributed by atoms with Crippen LogP contribution in [0.3, 0.4) is 0 Å². The Hall–Kier alpha value is -4.06. The zero-order valence-electron chi connectivity index (χ0n) is 15.8. The molecule has 6 heteroatoms. The van der Waals surface area contributed by atoms with Crippen molar-refractivity contribution < 1.29 is 9.18 Å². The Morgan fingerprint density at radius 3 is 2.23 bits per heavy atom. The van der Waals surface area contributed by atoms with Gasteiger partial charge in [-0.05, 0) is 40.5 Å². The van der Waals surface area contributed by atoms with Crippen LogP contribution in [0, 0.1) is 5.95 Å². The Bertz CT molecular complexity index is 1210. The van der Waals surface area contributed by atoms with E-state index < -0.39 is 5.95 Å². The molecule has 0 spiro atoms. The first-order chi connectivity index (χ1) is 14.7. The molecule has 0 fully saturated rings. The molecule has 2 amide bonds. The minimum Gasteiger partial charge on any atom is -0.327 e. The number of fused-ring (bicyclic) bond motifs is 3. The summed E-state index contributed by atoms with van der Waals surface area (Å²) in [6.07, 6.45) is 2.97. The van der Waals surface area contributed by atoms with E-state index in [1.807, 2.05) is 36.4 Å². The number of anilines is 1. The normalized spacial score (nSPS) is 12.2.